The van der Waals surface area contributed by atoms with Crippen molar-refractivity contribution in [2.24, 2.45) is 5.73 Å². The van der Waals surface area contributed by atoms with E-state index in [4.69, 9.17) is 5.73 Å². The minimum Gasteiger partial charge on any atom is -0.481 e. The molecule has 0 aliphatic heterocycles. The van der Waals surface area contributed by atoms with Crippen molar-refractivity contribution in [1.29, 1.82) is 0 Å². The first-order valence-electron chi connectivity index (χ1n) is 14.8. The Bertz CT molecular complexity index is 1550. The minimum atomic E-state index is -1.34. The molecule has 4 amide bonds. The highest BCUT2D eigenvalue weighted by Crippen LogP contribution is 2.19. The number of nitrogens with one attached hydrogen (secondary N) is 6. The average Bonchev–Trinajstić information content (AvgIpc) is 3.70. The highest BCUT2D eigenvalue weighted by molar-refractivity contribution is 7.98. The van der Waals surface area contributed by atoms with E-state index in [0.29, 0.717) is 11.4 Å². The lowest BCUT2D eigenvalue weighted by atomic mass is 10.0. The Kier molecular flexibility index (Phi) is 13.8. The predicted octanol–water partition coefficient (Wildman–Crippen LogP) is -0.335. The number of benzene rings is 1. The van der Waals surface area contributed by atoms with Crippen LogP contribution in [0.2, 0.25) is 0 Å². The van der Waals surface area contributed by atoms with Gasteiger partial charge in [-0.25, -0.2) is 4.98 Å². The van der Waals surface area contributed by atoms with Crippen LogP contribution in [0.15, 0.2) is 43.0 Å². The zero-order valence-corrected chi connectivity index (χ0v) is 26.8. The number of fused-ring (bicyclic) bond motifs is 1. The third-order valence-electron chi connectivity index (χ3n) is 7.31. The van der Waals surface area contributed by atoms with Gasteiger partial charge in [0.05, 0.1) is 18.1 Å². The van der Waals surface area contributed by atoms with Gasteiger partial charge < -0.3 is 47.2 Å². The maximum absolute atomic E-state index is 13.5. The molecule has 2 heterocycles. The van der Waals surface area contributed by atoms with Crippen LogP contribution < -0.4 is 27.0 Å². The molecule has 0 saturated carbocycles. The van der Waals surface area contributed by atoms with Gasteiger partial charge >= 0.3 is 11.9 Å². The van der Waals surface area contributed by atoms with E-state index in [1.54, 1.807) is 12.5 Å². The number of carboxylic acid groups (broad SMARTS) is 2. The van der Waals surface area contributed by atoms with Crippen LogP contribution in [0.1, 0.15) is 37.4 Å². The van der Waals surface area contributed by atoms with Crippen LogP contribution in [0.4, 0.5) is 0 Å². The van der Waals surface area contributed by atoms with Gasteiger partial charge in [0.15, 0.2) is 0 Å². The van der Waals surface area contributed by atoms with Crippen LogP contribution in [0, 0.1) is 0 Å². The highest BCUT2D eigenvalue weighted by atomic mass is 32.2. The average molecular weight is 673 g/mol. The largest absolute Gasteiger partial charge is 0.481 e. The Labute approximate surface area is 274 Å². The Balaban J connectivity index is 1.74. The van der Waals surface area contributed by atoms with Crippen molar-refractivity contribution >= 4 is 58.2 Å². The molecule has 0 aliphatic carbocycles. The number of aromatic amines is 2. The van der Waals surface area contributed by atoms with Gasteiger partial charge in [0.25, 0.3) is 0 Å². The number of thioether (sulfide) groups is 1. The Morgan fingerprint density at radius 3 is 2.15 bits per heavy atom. The molecule has 10 N–H and O–H groups in total. The lowest BCUT2D eigenvalue weighted by molar-refractivity contribution is -0.142. The molecule has 5 atom stereocenters. The summed E-state index contributed by atoms with van der Waals surface area (Å²) < 4.78 is 0. The number of H-pyrrole nitrogens is 2. The number of aliphatic carboxylic acids is 2. The van der Waals surface area contributed by atoms with Crippen LogP contribution in [0.5, 0.6) is 0 Å². The van der Waals surface area contributed by atoms with Crippen molar-refractivity contribution in [3.8, 4) is 0 Å². The molecule has 3 rings (SSSR count). The van der Waals surface area contributed by atoms with Crippen LogP contribution in [0.25, 0.3) is 10.9 Å². The fraction of sp³-hybridized carbons (Fsp3) is 0.433. The second kappa shape index (κ2) is 17.7. The van der Waals surface area contributed by atoms with Crippen molar-refractivity contribution in [2.45, 2.75) is 69.2 Å². The number of imidazole rings is 1. The van der Waals surface area contributed by atoms with Gasteiger partial charge in [-0.15, -0.1) is 0 Å². The second-order valence-electron chi connectivity index (χ2n) is 10.9. The molecule has 17 heteroatoms. The fourth-order valence-corrected chi connectivity index (χ4v) is 5.16. The van der Waals surface area contributed by atoms with Gasteiger partial charge in [-0.3, -0.25) is 28.8 Å². The molecule has 0 aliphatic rings. The first-order valence-corrected chi connectivity index (χ1v) is 16.2. The lowest BCUT2D eigenvalue weighted by Gasteiger charge is -2.26. The molecule has 0 spiro atoms. The first-order chi connectivity index (χ1) is 22.4. The molecular weight excluding hydrogens is 632 g/mol. The summed E-state index contributed by atoms with van der Waals surface area (Å²) in [6.45, 7) is 1.27. The van der Waals surface area contributed by atoms with Gasteiger partial charge in [0.1, 0.15) is 24.2 Å². The third-order valence-corrected chi connectivity index (χ3v) is 7.95. The van der Waals surface area contributed by atoms with Crippen LogP contribution in [-0.2, 0) is 41.6 Å². The molecule has 47 heavy (non-hydrogen) atoms. The number of carbonyl (C=O) groups excluding carboxylic acids is 4. The van der Waals surface area contributed by atoms with E-state index < -0.39 is 72.2 Å². The van der Waals surface area contributed by atoms with Crippen molar-refractivity contribution in [3.05, 3.63) is 54.2 Å². The molecule has 0 radical (unpaired) electrons. The van der Waals surface area contributed by atoms with Gasteiger partial charge in [-0.1, -0.05) is 18.2 Å². The molecular formula is C30H40N8O8S. The summed E-state index contributed by atoms with van der Waals surface area (Å²) in [6, 6.07) is 1.39. The van der Waals surface area contributed by atoms with Gasteiger partial charge in [0.2, 0.25) is 23.6 Å². The number of carbonyl (C=O) groups is 6. The first kappa shape index (κ1) is 36.6. The van der Waals surface area contributed by atoms with E-state index in [1.165, 1.54) is 31.2 Å². The number of amides is 4. The maximum Gasteiger partial charge on any atom is 0.325 e. The monoisotopic (exact) mass is 672 g/mol. The van der Waals surface area contributed by atoms with Crippen molar-refractivity contribution in [2.75, 3.05) is 12.0 Å². The number of carboxylic acids is 2. The Morgan fingerprint density at radius 1 is 0.872 bits per heavy atom. The summed E-state index contributed by atoms with van der Waals surface area (Å²) in [6.07, 6.45) is 5.88. The summed E-state index contributed by atoms with van der Waals surface area (Å²) >= 11 is 1.40. The SMILES string of the molecule is CSCC[C@H](NC(=O)[C@H](CCC(=O)O)NC(=O)[C@@H](N)Cc1c[nH]c2ccccc12)C(=O)N[C@@H](Cc1c[nH]cn1)C(=O)N[C@@H](C)C(=O)O. The van der Waals surface area contributed by atoms with Crippen LogP contribution in [0.3, 0.4) is 0 Å². The van der Waals surface area contributed by atoms with Crippen molar-refractivity contribution in [1.82, 2.24) is 36.2 Å². The normalized spacial score (nSPS) is 14.3. The Hall–Kier alpha value is -4.90. The third kappa shape index (κ3) is 11.1. The molecule has 16 nitrogen and oxygen atoms in total. The topological polar surface area (TPSA) is 261 Å². The molecule has 0 unspecified atom stereocenters. The number of para-hydroxylation sites is 1. The molecule has 0 fully saturated rings. The van der Waals surface area contributed by atoms with E-state index in [0.717, 1.165) is 16.5 Å². The van der Waals surface area contributed by atoms with Crippen molar-refractivity contribution in [3.63, 3.8) is 0 Å². The number of nitrogens with zero attached hydrogens (tertiary/aromatic N) is 1. The molecule has 3 aromatic rings. The molecule has 2 aromatic heterocycles. The molecule has 1 aromatic carbocycles. The van der Waals surface area contributed by atoms with Crippen LogP contribution >= 0.6 is 11.8 Å². The quantitative estimate of drug-likeness (QED) is 0.0796. The van der Waals surface area contributed by atoms with E-state index in [1.807, 2.05) is 24.3 Å². The molecule has 0 saturated heterocycles. The van der Waals surface area contributed by atoms with E-state index >= 15 is 0 Å². The minimum absolute atomic E-state index is 0.0811. The number of hydrogen-bond acceptors (Lipinski definition) is 9. The fourth-order valence-electron chi connectivity index (χ4n) is 4.69. The van der Waals surface area contributed by atoms with Gasteiger partial charge in [-0.05, 0) is 49.8 Å². The smallest absolute Gasteiger partial charge is 0.325 e. The summed E-state index contributed by atoms with van der Waals surface area (Å²) in [4.78, 5) is 85.6. The van der Waals surface area contributed by atoms with Gasteiger partial charge in [0, 0.05) is 36.1 Å². The number of hydrogen-bond donors (Lipinski definition) is 9. The molecule has 0 bridgehead atoms. The zero-order chi connectivity index (χ0) is 34.5. The number of nitrogens with two attached hydrogens (primary N) is 1. The van der Waals surface area contributed by atoms with E-state index in [-0.39, 0.29) is 25.7 Å². The number of rotatable bonds is 19. The summed E-state index contributed by atoms with van der Waals surface area (Å²) in [5.74, 6) is -5.06. The highest BCUT2D eigenvalue weighted by Gasteiger charge is 2.32. The molecule has 254 valence electrons. The lowest BCUT2D eigenvalue weighted by Crippen LogP contribution is -2.59. The van der Waals surface area contributed by atoms with E-state index in [2.05, 4.69) is 36.2 Å². The summed E-state index contributed by atoms with van der Waals surface area (Å²) in [5.41, 5.74) is 8.25. The Morgan fingerprint density at radius 2 is 1.51 bits per heavy atom. The number of aromatic nitrogens is 3. The van der Waals surface area contributed by atoms with E-state index in [9.17, 15) is 39.0 Å². The summed E-state index contributed by atoms with van der Waals surface area (Å²) in [7, 11) is 0. The zero-order valence-electron chi connectivity index (χ0n) is 25.9. The van der Waals surface area contributed by atoms with Crippen LogP contribution in [-0.4, -0.2) is 103 Å². The maximum atomic E-state index is 13.5. The van der Waals surface area contributed by atoms with Gasteiger partial charge in [-0.2, -0.15) is 11.8 Å². The predicted molar refractivity (Wildman–Crippen MR) is 173 cm³/mol. The summed E-state index contributed by atoms with van der Waals surface area (Å²) in [5, 5.41) is 29.4. The second-order valence-corrected chi connectivity index (χ2v) is 11.9. The standard InChI is InChI=1S/C30H40N8O8S/c1-16(30(45)46)35-29(44)24(12-18-14-32-15-34-18)38-28(43)23(9-10-47-2)37-27(42)22(7-8-25(39)40)36-26(41)20(31)11-17-13-33-21-6-4-3-5-19(17)21/h3-6,13-16,20,22-24,33H,7-12,31H2,1-2H3,(H,32,34)(H,35,44)(H,36,41)(H,37,42)(H,38,43)(H,39,40)(H,45,46)/t16-,20-,22-,23-,24-/m0/s1. The van der Waals surface area contributed by atoms with Crippen molar-refractivity contribution < 1.29 is 39.0 Å².